The number of nitrogens with zero attached hydrogens (tertiary/aromatic N) is 1. The van der Waals surface area contributed by atoms with Crippen LogP contribution in [0.2, 0.25) is 0 Å². The van der Waals surface area contributed by atoms with Gasteiger partial charge in [-0.1, -0.05) is 19.1 Å². The van der Waals surface area contributed by atoms with Crippen molar-refractivity contribution in [2.24, 2.45) is 5.73 Å². The number of amides is 1. The fraction of sp³-hybridized carbons (Fsp3) is 0.714. The molecule has 9 heteroatoms. The second kappa shape index (κ2) is 6.61. The molecule has 0 aliphatic heterocycles. The zero-order valence-electron chi connectivity index (χ0n) is 9.10. The quantitative estimate of drug-likeness (QED) is 0.635. The van der Waals surface area contributed by atoms with Gasteiger partial charge in [0.15, 0.2) is 0 Å². The van der Waals surface area contributed by atoms with E-state index in [0.717, 1.165) is 11.4 Å². The number of hydrogen-bond donors (Lipinski definition) is 2. The molecule has 0 heterocycles. The predicted molar refractivity (Wildman–Crippen MR) is 63.1 cm³/mol. The van der Waals surface area contributed by atoms with Crippen molar-refractivity contribution in [3.63, 3.8) is 0 Å². The second-order valence-corrected chi connectivity index (χ2v) is 5.00. The summed E-state index contributed by atoms with van der Waals surface area (Å²) in [6, 6.07) is 0. The molecule has 3 N–H and O–H groups in total. The van der Waals surface area contributed by atoms with Crippen LogP contribution in [0.25, 0.3) is 0 Å². The van der Waals surface area contributed by atoms with E-state index in [4.69, 9.17) is 5.73 Å². The van der Waals surface area contributed by atoms with Crippen LogP contribution >= 0.6 is 12.2 Å². The molecule has 0 unspecified atom stereocenters. The molecule has 0 bridgehead atoms. The molecular weight excluding hydrogens is 254 g/mol. The van der Waals surface area contributed by atoms with Crippen molar-refractivity contribution in [2.45, 2.75) is 13.3 Å². The maximum Gasteiger partial charge on any atom is 0.421 e. The van der Waals surface area contributed by atoms with Crippen LogP contribution in [0.5, 0.6) is 0 Å². The molecule has 0 fully saturated rings. The van der Waals surface area contributed by atoms with Gasteiger partial charge in [0, 0.05) is 19.5 Å². The smallest absolute Gasteiger partial charge is 0.421 e. The number of hydrogen-bond acceptors (Lipinski definition) is 5. The number of carbonyl (C=O) groups is 1. The predicted octanol–water partition coefficient (Wildman–Crippen LogP) is -0.415. The molecule has 0 saturated heterocycles. The Morgan fingerprint density at radius 1 is 1.56 bits per heavy atom. The Bertz CT molecular complexity index is 355. The number of carbonyl (C=O) groups excluding carboxylic acids is 1. The Balaban J connectivity index is 4.55. The van der Waals surface area contributed by atoms with Crippen LogP contribution in [0.1, 0.15) is 13.3 Å². The highest BCUT2D eigenvalue weighted by Crippen LogP contribution is 1.99. The summed E-state index contributed by atoms with van der Waals surface area (Å²) in [6.07, 6.45) is -0.778. The highest BCUT2D eigenvalue weighted by atomic mass is 32.2. The molecular formula is C7H15N3O4S2. The van der Waals surface area contributed by atoms with E-state index in [-0.39, 0.29) is 24.5 Å². The molecule has 1 amide bonds. The van der Waals surface area contributed by atoms with Crippen LogP contribution in [-0.4, -0.2) is 44.0 Å². The van der Waals surface area contributed by atoms with Crippen LogP contribution in [0.4, 0.5) is 4.79 Å². The molecule has 0 aromatic heterocycles. The Hall–Kier alpha value is -0.930. The van der Waals surface area contributed by atoms with Gasteiger partial charge in [0.2, 0.25) is 0 Å². The summed E-state index contributed by atoms with van der Waals surface area (Å²) in [7, 11) is -2.81. The lowest BCUT2D eigenvalue weighted by Gasteiger charge is -2.19. The molecule has 0 aliphatic rings. The highest BCUT2D eigenvalue weighted by molar-refractivity contribution is 7.87. The third-order valence-corrected chi connectivity index (χ3v) is 3.45. The van der Waals surface area contributed by atoms with Gasteiger partial charge in [-0.25, -0.2) is 9.52 Å². The van der Waals surface area contributed by atoms with Crippen molar-refractivity contribution in [1.82, 2.24) is 9.03 Å². The average Bonchev–Trinajstić information content (AvgIpc) is 2.16. The van der Waals surface area contributed by atoms with Crippen LogP contribution < -0.4 is 10.5 Å². The number of rotatable bonds is 6. The zero-order chi connectivity index (χ0) is 12.8. The van der Waals surface area contributed by atoms with E-state index >= 15 is 0 Å². The molecule has 7 nitrogen and oxygen atoms in total. The number of nitrogens with one attached hydrogen (secondary N) is 1. The molecule has 0 saturated carbocycles. The van der Waals surface area contributed by atoms with E-state index in [0.29, 0.717) is 0 Å². The molecule has 0 rings (SSSR count). The Kier molecular flexibility index (Phi) is 6.22. The van der Waals surface area contributed by atoms with Crippen molar-refractivity contribution in [3.05, 3.63) is 0 Å². The van der Waals surface area contributed by atoms with E-state index in [1.165, 1.54) is 0 Å². The largest absolute Gasteiger partial charge is 0.452 e. The summed E-state index contributed by atoms with van der Waals surface area (Å²) in [6.45, 7) is 1.96. The SMILES string of the molecule is CCN(CCC(N)=S)S(=O)(=O)NC(=O)OC. The van der Waals surface area contributed by atoms with Gasteiger partial charge < -0.3 is 10.5 Å². The summed E-state index contributed by atoms with van der Waals surface area (Å²) in [5.41, 5.74) is 5.26. The van der Waals surface area contributed by atoms with Crippen molar-refractivity contribution >= 4 is 33.5 Å². The fourth-order valence-electron chi connectivity index (χ4n) is 0.895. The third kappa shape index (κ3) is 5.24. The van der Waals surface area contributed by atoms with E-state index < -0.39 is 16.3 Å². The van der Waals surface area contributed by atoms with E-state index in [1.54, 1.807) is 11.6 Å². The van der Waals surface area contributed by atoms with Crippen LogP contribution in [0.15, 0.2) is 0 Å². The summed E-state index contributed by atoms with van der Waals surface area (Å²) in [4.78, 5) is 11.0. The third-order valence-electron chi connectivity index (χ3n) is 1.70. The van der Waals surface area contributed by atoms with Gasteiger partial charge >= 0.3 is 16.3 Å². The first kappa shape index (κ1) is 15.1. The summed E-state index contributed by atoms with van der Waals surface area (Å²) >= 11 is 4.64. The van der Waals surface area contributed by atoms with Crippen molar-refractivity contribution in [1.29, 1.82) is 0 Å². The lowest BCUT2D eigenvalue weighted by molar-refractivity contribution is 0.177. The van der Waals surface area contributed by atoms with Crippen LogP contribution in [0.3, 0.4) is 0 Å². The van der Waals surface area contributed by atoms with Crippen molar-refractivity contribution in [2.75, 3.05) is 20.2 Å². The molecule has 16 heavy (non-hydrogen) atoms. The van der Waals surface area contributed by atoms with E-state index in [2.05, 4.69) is 17.0 Å². The van der Waals surface area contributed by atoms with E-state index in [1.807, 2.05) is 0 Å². The number of ether oxygens (including phenoxy) is 1. The minimum absolute atomic E-state index is 0.123. The summed E-state index contributed by atoms with van der Waals surface area (Å²) < 4.78 is 30.1. The number of methoxy groups -OCH3 is 1. The second-order valence-electron chi connectivity index (χ2n) is 2.81. The van der Waals surface area contributed by atoms with Gasteiger partial charge in [-0.3, -0.25) is 0 Å². The lowest BCUT2D eigenvalue weighted by Crippen LogP contribution is -2.44. The Morgan fingerprint density at radius 3 is 2.50 bits per heavy atom. The monoisotopic (exact) mass is 269 g/mol. The van der Waals surface area contributed by atoms with Crippen LogP contribution in [0, 0.1) is 0 Å². The Morgan fingerprint density at radius 2 is 2.12 bits per heavy atom. The summed E-state index contributed by atoms with van der Waals surface area (Å²) in [5, 5.41) is 0. The minimum Gasteiger partial charge on any atom is -0.452 e. The molecule has 0 aliphatic carbocycles. The van der Waals surface area contributed by atoms with Gasteiger partial charge in [0.05, 0.1) is 12.1 Å². The first-order valence-corrected chi connectivity index (χ1v) is 6.32. The van der Waals surface area contributed by atoms with Crippen molar-refractivity contribution in [3.8, 4) is 0 Å². The molecule has 0 radical (unpaired) electrons. The standard InChI is InChI=1S/C7H15N3O4S2/c1-3-10(5-4-6(8)15)16(12,13)9-7(11)14-2/h3-5H2,1-2H3,(H2,8,15)(H,9,11). The minimum atomic E-state index is -3.89. The Labute approximate surface area is 100 Å². The molecule has 0 aromatic rings. The topological polar surface area (TPSA) is 102 Å². The van der Waals surface area contributed by atoms with Crippen molar-refractivity contribution < 1.29 is 17.9 Å². The lowest BCUT2D eigenvalue weighted by atomic mass is 10.4. The molecule has 0 aromatic carbocycles. The molecule has 94 valence electrons. The highest BCUT2D eigenvalue weighted by Gasteiger charge is 2.22. The van der Waals surface area contributed by atoms with E-state index in [9.17, 15) is 13.2 Å². The maximum atomic E-state index is 11.6. The first-order valence-electron chi connectivity index (χ1n) is 4.47. The molecule has 0 atom stereocenters. The number of thiocarbonyl (C=S) groups is 1. The fourth-order valence-corrected chi connectivity index (χ4v) is 2.08. The van der Waals surface area contributed by atoms with Gasteiger partial charge in [0.1, 0.15) is 0 Å². The molecule has 0 spiro atoms. The summed E-state index contributed by atoms with van der Waals surface area (Å²) in [5.74, 6) is 0. The van der Waals surface area contributed by atoms with Crippen LogP contribution in [-0.2, 0) is 14.9 Å². The zero-order valence-corrected chi connectivity index (χ0v) is 10.7. The maximum absolute atomic E-state index is 11.6. The van der Waals surface area contributed by atoms with Gasteiger partial charge in [-0.05, 0) is 0 Å². The first-order chi connectivity index (χ1) is 7.33. The average molecular weight is 269 g/mol. The van der Waals surface area contributed by atoms with Gasteiger partial charge in [-0.15, -0.1) is 0 Å². The normalized spacial score (nSPS) is 11.2. The van der Waals surface area contributed by atoms with Gasteiger partial charge in [-0.2, -0.15) is 12.7 Å². The van der Waals surface area contributed by atoms with Gasteiger partial charge in [0.25, 0.3) is 0 Å². The number of nitrogens with two attached hydrogens (primary N) is 1.